The van der Waals surface area contributed by atoms with Crippen molar-refractivity contribution in [3.63, 3.8) is 0 Å². The first-order valence-corrected chi connectivity index (χ1v) is 10.7. The second kappa shape index (κ2) is 9.02. The molecule has 0 spiro atoms. The maximum Gasteiger partial charge on any atom is 0.341 e. The van der Waals surface area contributed by atoms with E-state index < -0.39 is 5.97 Å². The Balaban J connectivity index is 1.73. The van der Waals surface area contributed by atoms with Crippen molar-refractivity contribution in [2.24, 2.45) is 0 Å². The number of rotatable bonds is 6. The van der Waals surface area contributed by atoms with E-state index in [-0.39, 0.29) is 12.5 Å². The highest BCUT2D eigenvalue weighted by atomic mass is 32.1. The van der Waals surface area contributed by atoms with Crippen molar-refractivity contribution >= 4 is 39.0 Å². The van der Waals surface area contributed by atoms with Crippen LogP contribution in [0.5, 0.6) is 5.75 Å². The summed E-state index contributed by atoms with van der Waals surface area (Å²) in [4.78, 5) is 25.6. The minimum absolute atomic E-state index is 0.245. The lowest BCUT2D eigenvalue weighted by molar-refractivity contribution is 0.0529. The number of anilines is 1. The number of hydrogen-bond acceptors (Lipinski definition) is 5. The molecule has 3 aromatic carbocycles. The van der Waals surface area contributed by atoms with E-state index in [2.05, 4.69) is 5.32 Å². The summed E-state index contributed by atoms with van der Waals surface area (Å²) in [5.41, 5.74) is 2.42. The Labute approximate surface area is 184 Å². The first-order valence-electron chi connectivity index (χ1n) is 9.84. The highest BCUT2D eigenvalue weighted by Crippen LogP contribution is 2.37. The van der Waals surface area contributed by atoms with Crippen LogP contribution in [0.4, 0.5) is 5.00 Å². The third-order valence-electron chi connectivity index (χ3n) is 4.89. The summed E-state index contributed by atoms with van der Waals surface area (Å²) in [6.07, 6.45) is 0. The molecule has 0 fully saturated rings. The lowest BCUT2D eigenvalue weighted by Crippen LogP contribution is -2.14. The largest absolute Gasteiger partial charge is 0.497 e. The zero-order valence-electron chi connectivity index (χ0n) is 17.2. The van der Waals surface area contributed by atoms with Gasteiger partial charge in [-0.1, -0.05) is 42.5 Å². The van der Waals surface area contributed by atoms with Crippen molar-refractivity contribution in [1.29, 1.82) is 0 Å². The molecule has 0 atom stereocenters. The molecule has 0 aliphatic rings. The number of carbonyl (C=O) groups excluding carboxylic acids is 2. The number of carbonyl (C=O) groups is 2. The summed E-state index contributed by atoms with van der Waals surface area (Å²) in [6, 6.07) is 20.9. The van der Waals surface area contributed by atoms with Crippen LogP contribution in [-0.2, 0) is 4.74 Å². The molecule has 5 nitrogen and oxygen atoms in total. The Hall–Kier alpha value is -3.64. The summed E-state index contributed by atoms with van der Waals surface area (Å²) in [5, 5.41) is 7.38. The zero-order valence-corrected chi connectivity index (χ0v) is 18.0. The van der Waals surface area contributed by atoms with Gasteiger partial charge in [-0.3, -0.25) is 4.79 Å². The van der Waals surface area contributed by atoms with Gasteiger partial charge in [0, 0.05) is 16.5 Å². The van der Waals surface area contributed by atoms with Gasteiger partial charge in [0.15, 0.2) is 0 Å². The van der Waals surface area contributed by atoms with Gasteiger partial charge in [0.1, 0.15) is 16.3 Å². The number of nitrogens with one attached hydrogen (secondary N) is 1. The van der Waals surface area contributed by atoms with Crippen LogP contribution in [0.2, 0.25) is 0 Å². The third kappa shape index (κ3) is 4.29. The van der Waals surface area contributed by atoms with Crippen LogP contribution in [0, 0.1) is 0 Å². The van der Waals surface area contributed by atoms with Gasteiger partial charge in [0.05, 0.1) is 13.7 Å². The number of amides is 1. The van der Waals surface area contributed by atoms with Gasteiger partial charge in [-0.15, -0.1) is 11.3 Å². The van der Waals surface area contributed by atoms with Gasteiger partial charge >= 0.3 is 5.97 Å². The first kappa shape index (κ1) is 20.6. The minimum Gasteiger partial charge on any atom is -0.497 e. The van der Waals surface area contributed by atoms with Crippen molar-refractivity contribution in [3.8, 4) is 16.9 Å². The molecule has 0 saturated carbocycles. The normalized spacial score (nSPS) is 10.6. The summed E-state index contributed by atoms with van der Waals surface area (Å²) in [5.74, 6) is -0.203. The Bertz CT molecular complexity index is 1260. The number of benzene rings is 3. The van der Waals surface area contributed by atoms with Crippen LogP contribution in [-0.4, -0.2) is 25.6 Å². The monoisotopic (exact) mass is 431 g/mol. The van der Waals surface area contributed by atoms with Gasteiger partial charge in [-0.25, -0.2) is 4.79 Å². The molecular weight excluding hydrogens is 410 g/mol. The fourth-order valence-electron chi connectivity index (χ4n) is 3.36. The molecule has 0 aliphatic carbocycles. The number of methoxy groups -OCH3 is 1. The number of fused-ring (bicyclic) bond motifs is 1. The van der Waals surface area contributed by atoms with Crippen LogP contribution in [0.25, 0.3) is 21.9 Å². The molecule has 4 aromatic rings. The summed E-state index contributed by atoms with van der Waals surface area (Å²) in [7, 11) is 1.55. The van der Waals surface area contributed by atoms with Crippen LogP contribution in [0.15, 0.2) is 72.1 Å². The maximum absolute atomic E-state index is 12.8. The molecule has 0 saturated heterocycles. The minimum atomic E-state index is -0.465. The molecule has 4 rings (SSSR count). The summed E-state index contributed by atoms with van der Waals surface area (Å²) < 4.78 is 10.5. The molecule has 0 bridgehead atoms. The molecular formula is C25H21NO4S. The van der Waals surface area contributed by atoms with Crippen LogP contribution >= 0.6 is 11.3 Å². The number of esters is 1. The van der Waals surface area contributed by atoms with Gasteiger partial charge < -0.3 is 14.8 Å². The Morgan fingerprint density at radius 2 is 1.77 bits per heavy atom. The molecule has 0 radical (unpaired) electrons. The highest BCUT2D eigenvalue weighted by Gasteiger charge is 2.23. The second-order valence-corrected chi connectivity index (χ2v) is 7.70. The molecule has 156 valence electrons. The third-order valence-corrected chi connectivity index (χ3v) is 5.79. The van der Waals surface area contributed by atoms with Crippen molar-refractivity contribution in [2.75, 3.05) is 19.0 Å². The van der Waals surface area contributed by atoms with E-state index in [4.69, 9.17) is 9.47 Å². The summed E-state index contributed by atoms with van der Waals surface area (Å²) >= 11 is 1.30. The van der Waals surface area contributed by atoms with E-state index >= 15 is 0 Å². The topological polar surface area (TPSA) is 64.6 Å². The standard InChI is InChI=1S/C25H21NO4S/c1-3-30-25(28)22-21(18-12-11-16-7-4-5-8-17(16)13-18)15-31-24(22)26-23(27)19-9-6-10-20(14-19)29-2/h4-15H,3H2,1-2H3,(H,26,27). The first-order chi connectivity index (χ1) is 15.1. The molecule has 1 aromatic heterocycles. The van der Waals surface area contributed by atoms with Gasteiger partial charge in [0.2, 0.25) is 0 Å². The van der Waals surface area contributed by atoms with Gasteiger partial charge in [0.25, 0.3) is 5.91 Å². The zero-order chi connectivity index (χ0) is 21.8. The van der Waals surface area contributed by atoms with E-state index in [0.717, 1.165) is 21.9 Å². The van der Waals surface area contributed by atoms with E-state index in [9.17, 15) is 9.59 Å². The van der Waals surface area contributed by atoms with Crippen molar-refractivity contribution < 1.29 is 19.1 Å². The Morgan fingerprint density at radius 1 is 0.968 bits per heavy atom. The van der Waals surface area contributed by atoms with Crippen LogP contribution in [0.1, 0.15) is 27.6 Å². The molecule has 1 N–H and O–H groups in total. The van der Waals surface area contributed by atoms with E-state index in [1.165, 1.54) is 11.3 Å². The fraction of sp³-hybridized carbons (Fsp3) is 0.120. The van der Waals surface area contributed by atoms with E-state index in [0.29, 0.717) is 21.9 Å². The SMILES string of the molecule is CCOC(=O)c1c(-c2ccc3ccccc3c2)csc1NC(=O)c1cccc(OC)c1. The Morgan fingerprint density at radius 3 is 2.55 bits per heavy atom. The molecule has 1 amide bonds. The number of ether oxygens (including phenoxy) is 2. The maximum atomic E-state index is 12.8. The fourth-order valence-corrected chi connectivity index (χ4v) is 4.32. The molecule has 0 unspecified atom stereocenters. The highest BCUT2D eigenvalue weighted by molar-refractivity contribution is 7.15. The lowest BCUT2D eigenvalue weighted by atomic mass is 10.00. The van der Waals surface area contributed by atoms with Crippen molar-refractivity contribution in [2.45, 2.75) is 6.92 Å². The quantitative estimate of drug-likeness (QED) is 0.380. The molecule has 1 heterocycles. The Kier molecular flexibility index (Phi) is 6.00. The van der Waals surface area contributed by atoms with E-state index in [1.807, 2.05) is 47.8 Å². The predicted molar refractivity (Wildman–Crippen MR) is 124 cm³/mol. The smallest absolute Gasteiger partial charge is 0.341 e. The molecule has 31 heavy (non-hydrogen) atoms. The van der Waals surface area contributed by atoms with Crippen molar-refractivity contribution in [3.05, 3.63) is 83.2 Å². The predicted octanol–water partition coefficient (Wildman–Crippen LogP) is 6.01. The second-order valence-electron chi connectivity index (χ2n) is 6.82. The van der Waals surface area contributed by atoms with E-state index in [1.54, 1.807) is 38.3 Å². The van der Waals surface area contributed by atoms with Crippen LogP contribution < -0.4 is 10.1 Å². The lowest BCUT2D eigenvalue weighted by Gasteiger charge is -2.10. The number of hydrogen-bond donors (Lipinski definition) is 1. The van der Waals surface area contributed by atoms with Gasteiger partial charge in [-0.05, 0) is 47.5 Å². The molecule has 6 heteroatoms. The van der Waals surface area contributed by atoms with Crippen molar-refractivity contribution in [1.82, 2.24) is 0 Å². The average molecular weight is 432 g/mol. The van der Waals surface area contributed by atoms with Crippen LogP contribution in [0.3, 0.4) is 0 Å². The average Bonchev–Trinajstić information content (AvgIpc) is 3.22. The molecule has 0 aliphatic heterocycles. The van der Waals surface area contributed by atoms with Gasteiger partial charge in [-0.2, -0.15) is 0 Å². The summed E-state index contributed by atoms with van der Waals surface area (Å²) in [6.45, 7) is 2.00. The number of thiophene rings is 1.